The smallest absolute Gasteiger partial charge is 0.260 e. The molecular formula is C9H10FN5O. The molecule has 0 aromatic carbocycles. The Morgan fingerprint density at radius 3 is 3.00 bits per heavy atom. The molecule has 0 fully saturated rings. The van der Waals surface area contributed by atoms with Gasteiger partial charge in [0.15, 0.2) is 5.75 Å². The van der Waals surface area contributed by atoms with Gasteiger partial charge in [-0.1, -0.05) is 0 Å². The second-order valence-corrected chi connectivity index (χ2v) is 3.02. The van der Waals surface area contributed by atoms with Gasteiger partial charge in [-0.2, -0.15) is 14.5 Å². The Hall–Kier alpha value is -2.18. The van der Waals surface area contributed by atoms with Gasteiger partial charge in [-0.05, 0) is 6.92 Å². The zero-order valence-corrected chi connectivity index (χ0v) is 8.59. The van der Waals surface area contributed by atoms with E-state index < -0.39 is 5.82 Å². The van der Waals surface area contributed by atoms with Crippen LogP contribution in [0.25, 0.3) is 0 Å². The third kappa shape index (κ3) is 2.08. The van der Waals surface area contributed by atoms with Crippen molar-refractivity contribution in [3.8, 4) is 11.6 Å². The highest BCUT2D eigenvalue weighted by Gasteiger charge is 2.09. The Kier molecular flexibility index (Phi) is 2.67. The molecule has 2 rings (SSSR count). The predicted octanol–water partition coefficient (Wildman–Crippen LogP) is 1.21. The minimum Gasteiger partial charge on any atom is -0.433 e. The van der Waals surface area contributed by atoms with Crippen LogP contribution in [-0.4, -0.2) is 19.7 Å². The van der Waals surface area contributed by atoms with E-state index in [9.17, 15) is 4.39 Å². The molecule has 0 aliphatic rings. The van der Waals surface area contributed by atoms with Crippen molar-refractivity contribution >= 4 is 5.95 Å². The van der Waals surface area contributed by atoms with Gasteiger partial charge in [-0.3, -0.25) is 4.68 Å². The van der Waals surface area contributed by atoms with E-state index in [-0.39, 0.29) is 11.8 Å². The number of aryl methyl sites for hydroxylation is 1. The van der Waals surface area contributed by atoms with Crippen LogP contribution in [0, 0.1) is 5.82 Å². The molecule has 2 aromatic rings. The highest BCUT2D eigenvalue weighted by atomic mass is 19.1. The van der Waals surface area contributed by atoms with E-state index in [1.807, 2.05) is 6.92 Å². The molecule has 0 bridgehead atoms. The van der Waals surface area contributed by atoms with E-state index in [1.165, 1.54) is 6.20 Å². The van der Waals surface area contributed by atoms with Crippen LogP contribution in [0.15, 0.2) is 18.6 Å². The van der Waals surface area contributed by atoms with Crippen molar-refractivity contribution in [1.82, 2.24) is 19.7 Å². The van der Waals surface area contributed by atoms with Gasteiger partial charge in [-0.25, -0.2) is 4.98 Å². The normalized spacial score (nSPS) is 10.4. The fourth-order valence-electron chi connectivity index (χ4n) is 1.12. The fraction of sp³-hybridized carbons (Fsp3) is 0.222. The zero-order valence-electron chi connectivity index (χ0n) is 8.59. The lowest BCUT2D eigenvalue weighted by atomic mass is 10.5. The van der Waals surface area contributed by atoms with E-state index in [4.69, 9.17) is 10.5 Å². The summed E-state index contributed by atoms with van der Waals surface area (Å²) in [5.41, 5.74) is 5.32. The highest BCUT2D eigenvalue weighted by Crippen LogP contribution is 2.21. The average molecular weight is 223 g/mol. The summed E-state index contributed by atoms with van der Waals surface area (Å²) in [6.07, 6.45) is 4.07. The summed E-state index contributed by atoms with van der Waals surface area (Å²) in [5, 5.41) is 3.98. The highest BCUT2D eigenvalue weighted by molar-refractivity contribution is 5.27. The number of aromatic nitrogens is 4. The number of rotatable bonds is 3. The Balaban J connectivity index is 2.22. The number of nitrogens with zero attached hydrogens (tertiary/aromatic N) is 4. The molecule has 6 nitrogen and oxygen atoms in total. The van der Waals surface area contributed by atoms with Gasteiger partial charge in [-0.15, -0.1) is 0 Å². The van der Waals surface area contributed by atoms with E-state index in [1.54, 1.807) is 10.9 Å². The van der Waals surface area contributed by atoms with E-state index in [2.05, 4.69) is 15.1 Å². The van der Waals surface area contributed by atoms with Crippen LogP contribution in [-0.2, 0) is 6.54 Å². The van der Waals surface area contributed by atoms with Crippen LogP contribution >= 0.6 is 0 Å². The number of anilines is 1. The minimum atomic E-state index is -0.668. The first-order chi connectivity index (χ1) is 7.69. The lowest BCUT2D eigenvalue weighted by Gasteiger charge is -2.02. The van der Waals surface area contributed by atoms with E-state index >= 15 is 0 Å². The summed E-state index contributed by atoms with van der Waals surface area (Å²) in [6, 6.07) is 0. The maximum atomic E-state index is 13.2. The molecule has 0 atom stereocenters. The largest absolute Gasteiger partial charge is 0.433 e. The maximum absolute atomic E-state index is 13.2. The van der Waals surface area contributed by atoms with Crippen molar-refractivity contribution in [3.05, 3.63) is 24.4 Å². The van der Waals surface area contributed by atoms with Crippen molar-refractivity contribution in [2.45, 2.75) is 13.5 Å². The summed E-state index contributed by atoms with van der Waals surface area (Å²) in [5.74, 6) is -0.514. The minimum absolute atomic E-state index is 0.0423. The van der Waals surface area contributed by atoms with Gasteiger partial charge in [0.05, 0.1) is 18.6 Å². The van der Waals surface area contributed by atoms with Gasteiger partial charge in [0.1, 0.15) is 0 Å². The van der Waals surface area contributed by atoms with Gasteiger partial charge >= 0.3 is 0 Å². The van der Waals surface area contributed by atoms with Gasteiger partial charge in [0, 0.05) is 6.54 Å². The zero-order chi connectivity index (χ0) is 11.5. The predicted molar refractivity (Wildman–Crippen MR) is 54.4 cm³/mol. The van der Waals surface area contributed by atoms with Crippen molar-refractivity contribution in [1.29, 1.82) is 0 Å². The van der Waals surface area contributed by atoms with E-state index in [0.29, 0.717) is 12.3 Å². The maximum Gasteiger partial charge on any atom is 0.260 e. The molecular weight excluding hydrogens is 213 g/mol. The first-order valence-corrected chi connectivity index (χ1v) is 4.67. The number of halogens is 1. The first-order valence-electron chi connectivity index (χ1n) is 4.67. The molecule has 0 radical (unpaired) electrons. The lowest BCUT2D eigenvalue weighted by molar-refractivity contribution is 0.420. The molecule has 2 N–H and O–H groups in total. The molecule has 0 amide bonds. The third-order valence-corrected chi connectivity index (χ3v) is 1.88. The average Bonchev–Trinajstić information content (AvgIpc) is 2.71. The van der Waals surface area contributed by atoms with Crippen molar-refractivity contribution in [2.24, 2.45) is 0 Å². The second kappa shape index (κ2) is 4.13. The number of ether oxygens (including phenoxy) is 1. The Labute approximate surface area is 90.9 Å². The van der Waals surface area contributed by atoms with Crippen LogP contribution in [0.5, 0.6) is 11.6 Å². The summed E-state index contributed by atoms with van der Waals surface area (Å²) < 4.78 is 20.0. The lowest BCUT2D eigenvalue weighted by Crippen LogP contribution is -1.99. The number of hydrogen-bond donors (Lipinski definition) is 1. The Morgan fingerprint density at radius 2 is 2.31 bits per heavy atom. The summed E-state index contributed by atoms with van der Waals surface area (Å²) >= 11 is 0. The summed E-state index contributed by atoms with van der Waals surface area (Å²) in [4.78, 5) is 7.13. The quantitative estimate of drug-likeness (QED) is 0.845. The molecule has 0 aliphatic carbocycles. The van der Waals surface area contributed by atoms with Crippen molar-refractivity contribution in [2.75, 3.05) is 5.73 Å². The Morgan fingerprint density at radius 1 is 1.50 bits per heavy atom. The first kappa shape index (κ1) is 10.3. The molecule has 0 spiro atoms. The SMILES string of the molecule is CCn1cc(Oc2nc(N)ncc2F)cn1. The summed E-state index contributed by atoms with van der Waals surface area (Å²) in [6.45, 7) is 2.64. The molecule has 0 aliphatic heterocycles. The Bertz CT molecular complexity index is 498. The van der Waals surface area contributed by atoms with Crippen LogP contribution in [0.4, 0.5) is 10.3 Å². The van der Waals surface area contributed by atoms with E-state index in [0.717, 1.165) is 6.20 Å². The van der Waals surface area contributed by atoms with Gasteiger partial charge in [0.25, 0.3) is 5.88 Å². The molecule has 84 valence electrons. The van der Waals surface area contributed by atoms with Gasteiger partial charge in [0.2, 0.25) is 11.8 Å². The molecule has 0 saturated carbocycles. The number of hydrogen-bond acceptors (Lipinski definition) is 5. The van der Waals surface area contributed by atoms with Gasteiger partial charge < -0.3 is 10.5 Å². The molecule has 2 aromatic heterocycles. The van der Waals surface area contributed by atoms with Crippen LogP contribution < -0.4 is 10.5 Å². The monoisotopic (exact) mass is 223 g/mol. The third-order valence-electron chi connectivity index (χ3n) is 1.88. The molecule has 7 heteroatoms. The molecule has 2 heterocycles. The number of nitrogen functional groups attached to an aromatic ring is 1. The van der Waals surface area contributed by atoms with Crippen molar-refractivity contribution < 1.29 is 9.13 Å². The van der Waals surface area contributed by atoms with Crippen LogP contribution in [0.1, 0.15) is 6.92 Å². The standard InChI is InChI=1S/C9H10FN5O/c1-2-15-5-6(3-13-15)16-8-7(10)4-12-9(11)14-8/h3-5H,2H2,1H3,(H2,11,12,14). The molecule has 0 unspecified atom stereocenters. The topological polar surface area (TPSA) is 78.9 Å². The summed E-state index contributed by atoms with van der Waals surface area (Å²) in [7, 11) is 0. The van der Waals surface area contributed by atoms with Crippen molar-refractivity contribution in [3.63, 3.8) is 0 Å². The second-order valence-electron chi connectivity index (χ2n) is 3.02. The molecule has 16 heavy (non-hydrogen) atoms. The van der Waals surface area contributed by atoms with Crippen LogP contribution in [0.2, 0.25) is 0 Å². The number of nitrogens with two attached hydrogens (primary N) is 1. The molecule has 0 saturated heterocycles. The van der Waals surface area contributed by atoms with Crippen LogP contribution in [0.3, 0.4) is 0 Å². The fourth-order valence-corrected chi connectivity index (χ4v) is 1.12.